The summed E-state index contributed by atoms with van der Waals surface area (Å²) < 4.78 is 1.56. The monoisotopic (exact) mass is 484 g/mol. The number of aryl methyl sites for hydroxylation is 1. The maximum absolute atomic E-state index is 2.57. The average Bonchev–Trinajstić information content (AvgIpc) is 2.78. The fourth-order valence-corrected chi connectivity index (χ4v) is 11.2. The number of halogens is 3. The van der Waals surface area contributed by atoms with Gasteiger partial charge < -0.3 is 37.2 Å². The quantitative estimate of drug-likeness (QED) is 0.391. The molecule has 2 aromatic carbocycles. The molecule has 0 radical (unpaired) electrons. The van der Waals surface area contributed by atoms with Gasteiger partial charge in [-0.2, -0.15) is 0 Å². The first-order valence-electron chi connectivity index (χ1n) is 8.98. The van der Waals surface area contributed by atoms with Gasteiger partial charge >= 0.3 is 166 Å². The van der Waals surface area contributed by atoms with E-state index in [0.29, 0.717) is 0 Å². The molecule has 148 valence electrons. The van der Waals surface area contributed by atoms with Crippen LogP contribution < -0.4 is 47.6 Å². The van der Waals surface area contributed by atoms with Crippen LogP contribution in [0.1, 0.15) is 33.3 Å². The van der Waals surface area contributed by atoms with Gasteiger partial charge in [-0.3, -0.25) is 0 Å². The van der Waals surface area contributed by atoms with Crippen molar-refractivity contribution in [1.82, 2.24) is 0 Å². The second-order valence-corrected chi connectivity index (χ2v) is 12.9. The first-order chi connectivity index (χ1) is 11.7. The summed E-state index contributed by atoms with van der Waals surface area (Å²) in [5.74, 6) is 0. The van der Waals surface area contributed by atoms with E-state index >= 15 is 0 Å². The van der Waals surface area contributed by atoms with E-state index in [1.54, 1.807) is 9.45 Å². The molecule has 0 N–H and O–H groups in total. The third-order valence-corrected chi connectivity index (χ3v) is 14.0. The van der Waals surface area contributed by atoms with E-state index in [1.807, 2.05) is 0 Å². The smallest absolute Gasteiger partial charge is 1.00 e. The van der Waals surface area contributed by atoms with Crippen molar-refractivity contribution in [2.24, 2.45) is 0 Å². The molecule has 0 amide bonds. The molecule has 2 atom stereocenters. The zero-order valence-corrected chi connectivity index (χ0v) is 22.2. The maximum Gasteiger partial charge on any atom is -1.00 e. The standard InChI is InChI=1S/C23H27Si.3ClH.Ti/c1-17-11-10-14-22(15-17)24(6,21-12-8-7-9-13-21)23(5)16-18(2)19(3)20(23)4;;;;/h7-15H,1-6H3;3*1H;/q;;;;+3/p-3. The molecule has 5 heteroatoms. The van der Waals surface area contributed by atoms with Crippen LogP contribution in [-0.4, -0.2) is 8.07 Å². The third kappa shape index (κ3) is 4.00. The minimum Gasteiger partial charge on any atom is -1.00 e. The molecule has 3 rings (SSSR count). The molecule has 2 unspecified atom stereocenters. The van der Waals surface area contributed by atoms with E-state index in [9.17, 15) is 0 Å². The molecule has 0 aromatic heterocycles. The Morgan fingerprint density at radius 3 is 1.75 bits per heavy atom. The first kappa shape index (κ1) is 27.7. The van der Waals surface area contributed by atoms with Crippen LogP contribution in [-0.2, 0) is 20.4 Å². The number of benzene rings is 2. The van der Waals surface area contributed by atoms with Crippen LogP contribution in [0, 0.1) is 6.92 Å². The van der Waals surface area contributed by atoms with Crippen LogP contribution in [0.3, 0.4) is 0 Å². The fourth-order valence-electron chi connectivity index (χ4n) is 4.50. The predicted molar refractivity (Wildman–Crippen MR) is 108 cm³/mol. The summed E-state index contributed by atoms with van der Waals surface area (Å²) in [4.78, 5) is 0. The van der Waals surface area contributed by atoms with Crippen LogP contribution in [0.5, 0.6) is 0 Å². The number of hydrogen-bond donors (Lipinski definition) is 0. The molecule has 0 nitrogen and oxygen atoms in total. The van der Waals surface area contributed by atoms with Crippen LogP contribution in [0.15, 0.2) is 75.2 Å². The van der Waals surface area contributed by atoms with E-state index in [-0.39, 0.29) is 42.3 Å². The SMILES string of the molecule is CC1=C(C)C(C)([Si](C)(c2ccccc2)c2cccc(C)c2)[C]([Ti+3])=C1C.[Cl-].[Cl-].[Cl-]. The Morgan fingerprint density at radius 1 is 0.750 bits per heavy atom. The molecule has 0 saturated carbocycles. The predicted octanol–water partition coefficient (Wildman–Crippen LogP) is -3.87. The van der Waals surface area contributed by atoms with Gasteiger partial charge in [-0.25, -0.2) is 0 Å². The number of rotatable bonds is 3. The summed E-state index contributed by atoms with van der Waals surface area (Å²) in [7, 11) is -2.05. The van der Waals surface area contributed by atoms with E-state index in [4.69, 9.17) is 0 Å². The molecule has 0 aliphatic heterocycles. The molecule has 0 fully saturated rings. The van der Waals surface area contributed by atoms with Gasteiger partial charge in [0.25, 0.3) is 0 Å². The first-order valence-corrected chi connectivity index (χ1v) is 12.3. The Labute approximate surface area is 201 Å². The maximum atomic E-state index is 2.57. The Bertz CT molecular complexity index is 866. The Kier molecular flexibility index (Phi) is 10.1. The molecule has 2 aromatic rings. The minimum atomic E-state index is -2.05. The molecule has 0 heterocycles. The Balaban J connectivity index is 0.00000243. The van der Waals surface area contributed by atoms with Crippen molar-refractivity contribution in [3.63, 3.8) is 0 Å². The van der Waals surface area contributed by atoms with Crippen molar-refractivity contribution in [2.75, 3.05) is 0 Å². The van der Waals surface area contributed by atoms with Gasteiger partial charge in [0.2, 0.25) is 0 Å². The molecule has 28 heavy (non-hydrogen) atoms. The Hall–Kier alpha value is -0.279. The molecule has 0 spiro atoms. The topological polar surface area (TPSA) is 0 Å². The summed E-state index contributed by atoms with van der Waals surface area (Å²) >= 11 is 2.36. The molecular formula is C23H27Cl3SiTi. The summed E-state index contributed by atoms with van der Waals surface area (Å²) in [6, 6.07) is 20.5. The van der Waals surface area contributed by atoms with Crippen LogP contribution in [0.4, 0.5) is 0 Å². The van der Waals surface area contributed by atoms with Gasteiger partial charge in [0.05, 0.1) is 0 Å². The molecule has 0 bridgehead atoms. The van der Waals surface area contributed by atoms with Gasteiger partial charge in [0, 0.05) is 0 Å². The van der Waals surface area contributed by atoms with Gasteiger partial charge in [-0.05, 0) is 0 Å². The van der Waals surface area contributed by atoms with Crippen molar-refractivity contribution in [3.05, 3.63) is 80.8 Å². The van der Waals surface area contributed by atoms with Gasteiger partial charge in [-0.15, -0.1) is 0 Å². The van der Waals surface area contributed by atoms with E-state index < -0.39 is 8.07 Å². The van der Waals surface area contributed by atoms with Gasteiger partial charge in [0.1, 0.15) is 0 Å². The third-order valence-electron chi connectivity index (χ3n) is 6.70. The average molecular weight is 486 g/mol. The zero-order valence-electron chi connectivity index (χ0n) is 17.3. The van der Waals surface area contributed by atoms with Crippen molar-refractivity contribution < 1.29 is 57.7 Å². The van der Waals surface area contributed by atoms with Crippen molar-refractivity contribution in [1.29, 1.82) is 0 Å². The van der Waals surface area contributed by atoms with E-state index in [2.05, 4.69) is 116 Å². The van der Waals surface area contributed by atoms with Crippen LogP contribution >= 0.6 is 0 Å². The molecule has 0 saturated heterocycles. The van der Waals surface area contributed by atoms with E-state index in [1.165, 1.54) is 27.1 Å². The van der Waals surface area contributed by atoms with E-state index in [0.717, 1.165) is 0 Å². The second-order valence-electron chi connectivity index (χ2n) is 7.74. The van der Waals surface area contributed by atoms with Crippen molar-refractivity contribution >= 4 is 18.4 Å². The summed E-state index contributed by atoms with van der Waals surface area (Å²) in [6.07, 6.45) is 0. The summed E-state index contributed by atoms with van der Waals surface area (Å²) in [6.45, 7) is 14.2. The van der Waals surface area contributed by atoms with Crippen molar-refractivity contribution in [2.45, 2.75) is 46.2 Å². The molecule has 1 aliphatic carbocycles. The summed E-state index contributed by atoms with van der Waals surface area (Å²) in [5.41, 5.74) is 5.89. The minimum absolute atomic E-state index is 0. The molecular weight excluding hydrogens is 459 g/mol. The normalized spacial score (nSPS) is 20.7. The Morgan fingerprint density at radius 2 is 1.29 bits per heavy atom. The largest absolute Gasteiger partial charge is 1.00 e. The van der Waals surface area contributed by atoms with Crippen LogP contribution in [0.25, 0.3) is 0 Å². The zero-order chi connectivity index (χ0) is 18.4. The van der Waals surface area contributed by atoms with Gasteiger partial charge in [-0.1, -0.05) is 0 Å². The van der Waals surface area contributed by atoms with Crippen molar-refractivity contribution in [3.8, 4) is 0 Å². The number of hydrogen-bond acceptors (Lipinski definition) is 0. The second kappa shape index (κ2) is 10.2. The number of allylic oxidation sites excluding steroid dienone is 4. The summed E-state index contributed by atoms with van der Waals surface area (Å²) in [5, 5.41) is 3.16. The van der Waals surface area contributed by atoms with Crippen LogP contribution in [0.2, 0.25) is 11.6 Å². The molecule has 1 aliphatic rings. The van der Waals surface area contributed by atoms with Gasteiger partial charge in [0.15, 0.2) is 0 Å². The fraction of sp³-hybridized carbons (Fsp3) is 0.304.